The van der Waals surface area contributed by atoms with Gasteiger partial charge < -0.3 is 24.1 Å². The van der Waals surface area contributed by atoms with E-state index in [1.54, 1.807) is 49.8 Å². The van der Waals surface area contributed by atoms with Crippen molar-refractivity contribution in [2.45, 2.75) is 18.6 Å². The summed E-state index contributed by atoms with van der Waals surface area (Å²) in [5.41, 5.74) is 2.91. The number of cyclic esters (lactones) is 1. The standard InChI is InChI=1S/C26H25NO6/c1-30-20-8-6-17(7-9-20)15-26(29)23(11-18-5-4-10-27-16-18)24(25(28)33-26)19-12-21(31-2)14-22(13-19)32-3/h4-10,12-14,16,29H,11,15H2,1-3H3. The molecule has 1 atom stereocenters. The second-order valence-electron chi connectivity index (χ2n) is 7.69. The molecule has 1 aromatic heterocycles. The molecular formula is C26H25NO6. The molecule has 0 aliphatic carbocycles. The Morgan fingerprint density at radius 1 is 0.909 bits per heavy atom. The van der Waals surface area contributed by atoms with Crippen LogP contribution in [-0.2, 0) is 22.4 Å². The highest BCUT2D eigenvalue weighted by Gasteiger charge is 2.46. The number of methoxy groups -OCH3 is 3. The molecule has 33 heavy (non-hydrogen) atoms. The van der Waals surface area contributed by atoms with Crippen molar-refractivity contribution in [1.29, 1.82) is 0 Å². The summed E-state index contributed by atoms with van der Waals surface area (Å²) in [5.74, 6) is -0.690. The zero-order valence-corrected chi connectivity index (χ0v) is 18.7. The third-order valence-electron chi connectivity index (χ3n) is 5.59. The van der Waals surface area contributed by atoms with Crippen LogP contribution < -0.4 is 14.2 Å². The van der Waals surface area contributed by atoms with Crippen LogP contribution in [-0.4, -0.2) is 43.2 Å². The molecule has 0 spiro atoms. The average molecular weight is 447 g/mol. The van der Waals surface area contributed by atoms with Crippen LogP contribution in [0.25, 0.3) is 5.57 Å². The minimum absolute atomic E-state index is 0.0862. The number of carbonyl (C=O) groups excluding carboxylic acids is 1. The predicted octanol–water partition coefficient (Wildman–Crippen LogP) is 3.59. The van der Waals surface area contributed by atoms with Crippen molar-refractivity contribution in [3.05, 3.63) is 89.3 Å². The molecule has 1 N–H and O–H groups in total. The van der Waals surface area contributed by atoms with Gasteiger partial charge in [0, 0.05) is 36.9 Å². The number of rotatable bonds is 8. The smallest absolute Gasteiger partial charge is 0.341 e. The average Bonchev–Trinajstić information content (AvgIpc) is 3.08. The van der Waals surface area contributed by atoms with Gasteiger partial charge in [-0.15, -0.1) is 0 Å². The van der Waals surface area contributed by atoms with E-state index in [-0.39, 0.29) is 18.4 Å². The largest absolute Gasteiger partial charge is 0.497 e. The zero-order valence-electron chi connectivity index (χ0n) is 18.7. The Morgan fingerprint density at radius 3 is 2.15 bits per heavy atom. The van der Waals surface area contributed by atoms with Crippen LogP contribution in [0.1, 0.15) is 16.7 Å². The molecule has 2 aromatic carbocycles. The number of benzene rings is 2. The lowest BCUT2D eigenvalue weighted by atomic mass is 9.88. The Labute approximate surface area is 192 Å². The second kappa shape index (κ2) is 9.34. The Kier molecular flexibility index (Phi) is 6.33. The van der Waals surface area contributed by atoms with Gasteiger partial charge in [0.15, 0.2) is 0 Å². The number of ether oxygens (including phenoxy) is 4. The monoisotopic (exact) mass is 447 g/mol. The zero-order chi connectivity index (χ0) is 23.4. The lowest BCUT2D eigenvalue weighted by Gasteiger charge is -2.25. The number of pyridine rings is 1. The van der Waals surface area contributed by atoms with Gasteiger partial charge in [-0.25, -0.2) is 4.79 Å². The van der Waals surface area contributed by atoms with Crippen molar-refractivity contribution in [3.8, 4) is 17.2 Å². The van der Waals surface area contributed by atoms with E-state index in [1.165, 1.54) is 14.2 Å². The maximum atomic E-state index is 13.1. The van der Waals surface area contributed by atoms with Crippen LogP contribution >= 0.6 is 0 Å². The third-order valence-corrected chi connectivity index (χ3v) is 5.59. The Bertz CT molecular complexity index is 1150. The quantitative estimate of drug-likeness (QED) is 0.528. The van der Waals surface area contributed by atoms with Gasteiger partial charge in [0.1, 0.15) is 17.2 Å². The molecule has 2 heterocycles. The minimum Gasteiger partial charge on any atom is -0.497 e. The number of carbonyl (C=O) groups is 1. The highest BCUT2D eigenvalue weighted by atomic mass is 16.7. The van der Waals surface area contributed by atoms with E-state index in [2.05, 4.69) is 4.98 Å². The molecule has 0 saturated carbocycles. The van der Waals surface area contributed by atoms with E-state index in [1.807, 2.05) is 24.3 Å². The van der Waals surface area contributed by atoms with E-state index >= 15 is 0 Å². The Hall–Kier alpha value is -3.84. The summed E-state index contributed by atoms with van der Waals surface area (Å²) in [4.78, 5) is 17.3. The lowest BCUT2D eigenvalue weighted by molar-refractivity contribution is -0.180. The number of esters is 1. The predicted molar refractivity (Wildman–Crippen MR) is 122 cm³/mol. The fourth-order valence-electron chi connectivity index (χ4n) is 3.92. The molecular weight excluding hydrogens is 422 g/mol. The molecule has 4 rings (SSSR count). The summed E-state index contributed by atoms with van der Waals surface area (Å²) in [6, 6.07) is 16.1. The van der Waals surface area contributed by atoms with Crippen LogP contribution in [0.2, 0.25) is 0 Å². The first-order valence-corrected chi connectivity index (χ1v) is 10.4. The van der Waals surface area contributed by atoms with E-state index in [4.69, 9.17) is 18.9 Å². The fourth-order valence-corrected chi connectivity index (χ4v) is 3.92. The van der Waals surface area contributed by atoms with Gasteiger partial charge in [-0.1, -0.05) is 18.2 Å². The van der Waals surface area contributed by atoms with Crippen LogP contribution in [0.5, 0.6) is 17.2 Å². The van der Waals surface area contributed by atoms with Gasteiger partial charge in [0.2, 0.25) is 5.79 Å². The number of nitrogens with zero attached hydrogens (tertiary/aromatic N) is 1. The summed E-state index contributed by atoms with van der Waals surface area (Å²) < 4.78 is 21.6. The van der Waals surface area contributed by atoms with Crippen molar-refractivity contribution in [2.75, 3.05) is 21.3 Å². The molecule has 170 valence electrons. The van der Waals surface area contributed by atoms with Gasteiger partial charge in [0.05, 0.1) is 26.9 Å². The Balaban J connectivity index is 1.83. The summed E-state index contributed by atoms with van der Waals surface area (Å²) in [7, 11) is 4.66. The van der Waals surface area contributed by atoms with Crippen LogP contribution in [0.15, 0.2) is 72.6 Å². The van der Waals surface area contributed by atoms with Crippen molar-refractivity contribution in [2.24, 2.45) is 0 Å². The first-order valence-electron chi connectivity index (χ1n) is 10.4. The van der Waals surface area contributed by atoms with Crippen LogP contribution in [0, 0.1) is 0 Å². The SMILES string of the molecule is COc1ccc(CC2(O)OC(=O)C(c3cc(OC)cc(OC)c3)=C2Cc2cccnc2)cc1. The highest BCUT2D eigenvalue weighted by Crippen LogP contribution is 2.42. The molecule has 0 amide bonds. The molecule has 1 unspecified atom stereocenters. The molecule has 1 aliphatic heterocycles. The molecule has 0 bridgehead atoms. The molecule has 0 radical (unpaired) electrons. The maximum Gasteiger partial charge on any atom is 0.341 e. The number of aromatic nitrogens is 1. The van der Waals surface area contributed by atoms with E-state index < -0.39 is 11.8 Å². The van der Waals surface area contributed by atoms with E-state index in [9.17, 15) is 9.90 Å². The number of hydrogen-bond donors (Lipinski definition) is 1. The van der Waals surface area contributed by atoms with Gasteiger partial charge >= 0.3 is 5.97 Å². The number of aliphatic hydroxyl groups is 1. The van der Waals surface area contributed by atoms with Crippen LogP contribution in [0.3, 0.4) is 0 Å². The first kappa shape index (κ1) is 22.4. The lowest BCUT2D eigenvalue weighted by Crippen LogP contribution is -2.35. The van der Waals surface area contributed by atoms with Gasteiger partial charge in [-0.2, -0.15) is 0 Å². The van der Waals surface area contributed by atoms with Gasteiger partial charge in [-0.3, -0.25) is 4.98 Å². The van der Waals surface area contributed by atoms with Crippen molar-refractivity contribution in [1.82, 2.24) is 4.98 Å². The second-order valence-corrected chi connectivity index (χ2v) is 7.69. The van der Waals surface area contributed by atoms with Crippen molar-refractivity contribution >= 4 is 11.5 Å². The molecule has 3 aromatic rings. The number of hydrogen-bond acceptors (Lipinski definition) is 7. The summed E-state index contributed by atoms with van der Waals surface area (Å²) in [6.07, 6.45) is 3.74. The minimum atomic E-state index is -1.83. The topological polar surface area (TPSA) is 87.1 Å². The van der Waals surface area contributed by atoms with Crippen molar-refractivity contribution < 1.29 is 28.8 Å². The molecule has 1 aliphatic rings. The fraction of sp³-hybridized carbons (Fsp3) is 0.231. The molecule has 0 fully saturated rings. The highest BCUT2D eigenvalue weighted by molar-refractivity contribution is 6.20. The molecule has 7 heteroatoms. The summed E-state index contributed by atoms with van der Waals surface area (Å²) in [5, 5.41) is 11.6. The van der Waals surface area contributed by atoms with E-state index in [0.29, 0.717) is 28.4 Å². The van der Waals surface area contributed by atoms with E-state index in [0.717, 1.165) is 11.1 Å². The molecule has 0 saturated heterocycles. The third kappa shape index (κ3) is 4.68. The summed E-state index contributed by atoms with van der Waals surface area (Å²) >= 11 is 0. The van der Waals surface area contributed by atoms with Crippen LogP contribution in [0.4, 0.5) is 0 Å². The maximum absolute atomic E-state index is 13.1. The van der Waals surface area contributed by atoms with Gasteiger partial charge in [0.25, 0.3) is 0 Å². The normalized spacial score (nSPS) is 17.6. The summed E-state index contributed by atoms with van der Waals surface area (Å²) in [6.45, 7) is 0. The van der Waals surface area contributed by atoms with Gasteiger partial charge in [-0.05, 0) is 47.0 Å². The molecule has 7 nitrogen and oxygen atoms in total. The first-order chi connectivity index (χ1) is 16.0. The Morgan fingerprint density at radius 2 is 1.58 bits per heavy atom. The van der Waals surface area contributed by atoms with Crippen molar-refractivity contribution in [3.63, 3.8) is 0 Å².